The Morgan fingerprint density at radius 2 is 2.20 bits per heavy atom. The summed E-state index contributed by atoms with van der Waals surface area (Å²) in [7, 11) is 0. The predicted octanol–water partition coefficient (Wildman–Crippen LogP) is 3.55. The molecule has 5 nitrogen and oxygen atoms in total. The lowest BCUT2D eigenvalue weighted by molar-refractivity contribution is 0.102. The van der Waals surface area contributed by atoms with Gasteiger partial charge >= 0.3 is 0 Å². The third-order valence-electron chi connectivity index (χ3n) is 2.55. The number of pyridine rings is 1. The maximum atomic E-state index is 12.0. The van der Waals surface area contributed by atoms with E-state index < -0.39 is 0 Å². The van der Waals surface area contributed by atoms with E-state index in [0.717, 1.165) is 10.6 Å². The van der Waals surface area contributed by atoms with Gasteiger partial charge in [0.15, 0.2) is 5.82 Å². The fraction of sp³-hybridized carbons (Fsp3) is 0. The van der Waals surface area contributed by atoms with Gasteiger partial charge in [0, 0.05) is 6.07 Å². The largest absolute Gasteiger partial charge is 0.304 e. The number of aromatic amines is 1. The zero-order chi connectivity index (χ0) is 13.9. The molecule has 3 aromatic heterocycles. The van der Waals surface area contributed by atoms with E-state index in [-0.39, 0.29) is 5.91 Å². The first kappa shape index (κ1) is 13.0. The molecule has 0 fully saturated rings. The standard InChI is InChI=1S/C13H9BrN4OS/c14-11-5-1-3-8(15-11)13(19)16-12-7-9(17-18-12)10-4-2-6-20-10/h1-7H,(H2,16,17,18,19). The Morgan fingerprint density at radius 1 is 1.30 bits per heavy atom. The molecule has 0 unspecified atom stereocenters. The Kier molecular flexibility index (Phi) is 3.62. The Balaban J connectivity index is 1.77. The molecule has 3 rings (SSSR count). The highest BCUT2D eigenvalue weighted by atomic mass is 79.9. The number of thiophene rings is 1. The molecule has 0 bridgehead atoms. The molecule has 0 aliphatic rings. The smallest absolute Gasteiger partial charge is 0.275 e. The van der Waals surface area contributed by atoms with Gasteiger partial charge in [-0.2, -0.15) is 5.10 Å². The fourth-order valence-corrected chi connectivity index (χ4v) is 2.69. The lowest BCUT2D eigenvalue weighted by atomic mass is 10.3. The summed E-state index contributed by atoms with van der Waals surface area (Å²) in [5, 5.41) is 11.7. The van der Waals surface area contributed by atoms with Gasteiger partial charge in [-0.1, -0.05) is 12.1 Å². The van der Waals surface area contributed by atoms with E-state index in [4.69, 9.17) is 0 Å². The Hall–Kier alpha value is -1.99. The zero-order valence-electron chi connectivity index (χ0n) is 10.1. The van der Waals surface area contributed by atoms with Crippen molar-refractivity contribution in [3.63, 3.8) is 0 Å². The first-order valence-corrected chi connectivity index (χ1v) is 7.43. The molecule has 0 radical (unpaired) electrons. The van der Waals surface area contributed by atoms with Crippen LogP contribution in [-0.2, 0) is 0 Å². The molecule has 0 aliphatic heterocycles. The topological polar surface area (TPSA) is 70.7 Å². The van der Waals surface area contributed by atoms with Gasteiger partial charge in [-0.3, -0.25) is 9.89 Å². The van der Waals surface area contributed by atoms with Crippen LogP contribution < -0.4 is 5.32 Å². The minimum atomic E-state index is -0.296. The van der Waals surface area contributed by atoms with Gasteiger partial charge in [-0.15, -0.1) is 11.3 Å². The Labute approximate surface area is 127 Å². The SMILES string of the molecule is O=C(Nc1cc(-c2cccs2)[nH]n1)c1cccc(Br)n1. The Bertz CT molecular complexity index is 738. The average molecular weight is 349 g/mol. The van der Waals surface area contributed by atoms with Crippen molar-refractivity contribution in [1.29, 1.82) is 0 Å². The number of hydrogen-bond donors (Lipinski definition) is 2. The summed E-state index contributed by atoms with van der Waals surface area (Å²) >= 11 is 4.84. The van der Waals surface area contributed by atoms with E-state index in [1.165, 1.54) is 0 Å². The second-order valence-electron chi connectivity index (χ2n) is 3.94. The number of nitrogens with one attached hydrogen (secondary N) is 2. The van der Waals surface area contributed by atoms with Crippen LogP contribution in [0, 0.1) is 0 Å². The summed E-state index contributed by atoms with van der Waals surface area (Å²) in [6.07, 6.45) is 0. The lowest BCUT2D eigenvalue weighted by Crippen LogP contribution is -2.13. The van der Waals surface area contributed by atoms with Gasteiger partial charge in [0.25, 0.3) is 5.91 Å². The third-order valence-corrected chi connectivity index (χ3v) is 3.90. The van der Waals surface area contributed by atoms with Gasteiger partial charge in [0.2, 0.25) is 0 Å². The summed E-state index contributed by atoms with van der Waals surface area (Å²) in [6.45, 7) is 0. The summed E-state index contributed by atoms with van der Waals surface area (Å²) in [6, 6.07) is 10.9. The van der Waals surface area contributed by atoms with Crippen LogP contribution >= 0.6 is 27.3 Å². The molecule has 0 atom stereocenters. The number of aromatic nitrogens is 3. The molecular weight excluding hydrogens is 340 g/mol. The molecule has 0 aliphatic carbocycles. The highest BCUT2D eigenvalue weighted by Crippen LogP contribution is 2.24. The first-order chi connectivity index (χ1) is 9.72. The van der Waals surface area contributed by atoms with Crippen LogP contribution in [0.25, 0.3) is 10.6 Å². The van der Waals surface area contributed by atoms with Crippen LogP contribution in [0.4, 0.5) is 5.82 Å². The molecule has 3 aromatic rings. The number of halogens is 1. The van der Waals surface area contributed by atoms with E-state index in [1.807, 2.05) is 17.5 Å². The lowest BCUT2D eigenvalue weighted by Gasteiger charge is -2.00. The van der Waals surface area contributed by atoms with Crippen molar-refractivity contribution in [3.05, 3.63) is 52.1 Å². The van der Waals surface area contributed by atoms with Crippen LogP contribution in [0.5, 0.6) is 0 Å². The van der Waals surface area contributed by atoms with Crippen molar-refractivity contribution in [2.24, 2.45) is 0 Å². The van der Waals surface area contributed by atoms with Crippen molar-refractivity contribution in [3.8, 4) is 10.6 Å². The minimum absolute atomic E-state index is 0.296. The number of amides is 1. The fourth-order valence-electron chi connectivity index (χ4n) is 1.66. The van der Waals surface area contributed by atoms with Crippen molar-refractivity contribution < 1.29 is 4.79 Å². The monoisotopic (exact) mass is 348 g/mol. The molecule has 0 aromatic carbocycles. The number of carbonyl (C=O) groups is 1. The van der Waals surface area contributed by atoms with Gasteiger partial charge in [0.05, 0.1) is 10.6 Å². The van der Waals surface area contributed by atoms with Crippen LogP contribution in [0.2, 0.25) is 0 Å². The summed E-state index contributed by atoms with van der Waals surface area (Å²) in [5.41, 5.74) is 1.21. The molecule has 0 spiro atoms. The van der Waals surface area contributed by atoms with Crippen LogP contribution in [0.15, 0.2) is 46.4 Å². The Morgan fingerprint density at radius 3 is 2.95 bits per heavy atom. The van der Waals surface area contributed by atoms with Crippen LogP contribution in [0.3, 0.4) is 0 Å². The zero-order valence-corrected chi connectivity index (χ0v) is 12.5. The van der Waals surface area contributed by atoms with Gasteiger partial charge in [-0.05, 0) is 39.5 Å². The van der Waals surface area contributed by atoms with Crippen molar-refractivity contribution in [2.75, 3.05) is 5.32 Å². The molecule has 7 heteroatoms. The number of H-pyrrole nitrogens is 1. The number of carbonyl (C=O) groups excluding carboxylic acids is 1. The van der Waals surface area contributed by atoms with E-state index in [1.54, 1.807) is 35.6 Å². The number of rotatable bonds is 3. The number of anilines is 1. The molecule has 2 N–H and O–H groups in total. The second-order valence-corrected chi connectivity index (χ2v) is 5.70. The van der Waals surface area contributed by atoms with E-state index in [2.05, 4.69) is 36.4 Å². The summed E-state index contributed by atoms with van der Waals surface area (Å²) in [4.78, 5) is 17.2. The molecule has 20 heavy (non-hydrogen) atoms. The molecule has 0 saturated carbocycles. The van der Waals surface area contributed by atoms with Crippen molar-refractivity contribution in [2.45, 2.75) is 0 Å². The van der Waals surface area contributed by atoms with Crippen LogP contribution in [0.1, 0.15) is 10.5 Å². The number of nitrogens with zero attached hydrogens (tertiary/aromatic N) is 2. The van der Waals surface area contributed by atoms with Gasteiger partial charge in [0.1, 0.15) is 10.3 Å². The van der Waals surface area contributed by atoms with Crippen molar-refractivity contribution >= 4 is 39.0 Å². The maximum Gasteiger partial charge on any atom is 0.275 e. The highest BCUT2D eigenvalue weighted by molar-refractivity contribution is 9.10. The quantitative estimate of drug-likeness (QED) is 0.711. The summed E-state index contributed by atoms with van der Waals surface area (Å²) in [5.74, 6) is 0.177. The second kappa shape index (κ2) is 5.56. The van der Waals surface area contributed by atoms with Gasteiger partial charge in [-0.25, -0.2) is 4.98 Å². The number of hydrogen-bond acceptors (Lipinski definition) is 4. The third kappa shape index (κ3) is 2.78. The average Bonchev–Trinajstić information content (AvgIpc) is 3.08. The normalized spacial score (nSPS) is 10.4. The molecule has 100 valence electrons. The summed E-state index contributed by atoms with van der Waals surface area (Å²) < 4.78 is 0.617. The van der Waals surface area contributed by atoms with Crippen molar-refractivity contribution in [1.82, 2.24) is 15.2 Å². The van der Waals surface area contributed by atoms with E-state index in [9.17, 15) is 4.79 Å². The predicted molar refractivity (Wildman–Crippen MR) is 81.8 cm³/mol. The molecule has 1 amide bonds. The van der Waals surface area contributed by atoms with Crippen LogP contribution in [-0.4, -0.2) is 21.1 Å². The van der Waals surface area contributed by atoms with E-state index >= 15 is 0 Å². The first-order valence-electron chi connectivity index (χ1n) is 5.75. The molecular formula is C13H9BrN4OS. The minimum Gasteiger partial charge on any atom is -0.304 e. The van der Waals surface area contributed by atoms with E-state index in [0.29, 0.717) is 16.1 Å². The molecule has 3 heterocycles. The van der Waals surface area contributed by atoms with Gasteiger partial charge < -0.3 is 5.32 Å². The highest BCUT2D eigenvalue weighted by Gasteiger charge is 2.11. The maximum absolute atomic E-state index is 12.0. The molecule has 0 saturated heterocycles.